The molecule has 2 N–H and O–H groups in total. The number of carbonyl (C=O) groups excluding carboxylic acids is 4. The number of amides is 4. The Bertz CT molecular complexity index is 864. The van der Waals surface area contributed by atoms with Crippen molar-refractivity contribution < 1.29 is 28.7 Å². The summed E-state index contributed by atoms with van der Waals surface area (Å²) in [5, 5.41) is 4.98. The number of carbonyl (C=O) groups is 4. The maximum Gasteiger partial charge on any atom is 0.407 e. The van der Waals surface area contributed by atoms with E-state index in [-0.39, 0.29) is 37.5 Å². The Balaban J connectivity index is 1.31. The molecule has 0 aromatic heterocycles. The first-order valence-electron chi connectivity index (χ1n) is 10.3. The van der Waals surface area contributed by atoms with Crippen LogP contribution in [0, 0.1) is 0 Å². The van der Waals surface area contributed by atoms with Gasteiger partial charge in [0, 0.05) is 31.7 Å². The van der Waals surface area contributed by atoms with Gasteiger partial charge in [-0.25, -0.2) is 4.79 Å². The molecule has 2 saturated heterocycles. The fourth-order valence-corrected chi connectivity index (χ4v) is 4.04. The second kappa shape index (κ2) is 8.83. The van der Waals surface area contributed by atoms with Crippen LogP contribution < -0.4 is 10.6 Å². The number of ether oxygens (including phenoxy) is 2. The lowest BCUT2D eigenvalue weighted by atomic mass is 10.0. The second-order valence-corrected chi connectivity index (χ2v) is 7.83. The molecule has 3 aliphatic rings. The van der Waals surface area contributed by atoms with Crippen molar-refractivity contribution in [2.45, 2.75) is 57.3 Å². The Hall–Kier alpha value is -2.94. The summed E-state index contributed by atoms with van der Waals surface area (Å²) < 4.78 is 10.7. The molecule has 4 amide bonds. The van der Waals surface area contributed by atoms with Crippen molar-refractivity contribution >= 4 is 23.8 Å². The van der Waals surface area contributed by atoms with Crippen LogP contribution in [0.4, 0.5) is 4.79 Å². The van der Waals surface area contributed by atoms with Crippen molar-refractivity contribution in [3.63, 3.8) is 0 Å². The van der Waals surface area contributed by atoms with Gasteiger partial charge >= 0.3 is 6.09 Å². The largest absolute Gasteiger partial charge is 0.447 e. The van der Waals surface area contributed by atoms with Gasteiger partial charge < -0.3 is 19.7 Å². The molecule has 3 aliphatic heterocycles. The van der Waals surface area contributed by atoms with Gasteiger partial charge in [0.15, 0.2) is 0 Å². The Morgan fingerprint density at radius 1 is 1.23 bits per heavy atom. The summed E-state index contributed by atoms with van der Waals surface area (Å²) in [4.78, 5) is 49.7. The molecule has 9 heteroatoms. The van der Waals surface area contributed by atoms with Crippen LogP contribution in [0.1, 0.15) is 53.6 Å². The quantitative estimate of drug-likeness (QED) is 0.700. The molecule has 1 aromatic carbocycles. The molecule has 0 spiro atoms. The zero-order chi connectivity index (χ0) is 21.1. The SMILES string of the molecule is O=C1CCC(N2Cc3ccc(CNC(=O)OCC4CCCCO4)cc3C2=O)C(=O)N1. The van der Waals surface area contributed by atoms with Crippen LogP contribution in [-0.2, 0) is 32.2 Å². The standard InChI is InChI=1S/C21H25N3O6/c25-18-7-6-17(19(26)23-18)24-11-14-5-4-13(9-16(14)20(24)27)10-22-21(28)30-12-15-3-1-2-8-29-15/h4-5,9,15,17H,1-3,6-8,10-12H2,(H,22,28)(H,23,25,26). The van der Waals surface area contributed by atoms with Crippen molar-refractivity contribution in [3.8, 4) is 0 Å². The number of alkyl carbamates (subject to hydrolysis) is 1. The first-order chi connectivity index (χ1) is 14.5. The summed E-state index contributed by atoms with van der Waals surface area (Å²) in [6.45, 7) is 1.49. The van der Waals surface area contributed by atoms with Gasteiger partial charge in [-0.3, -0.25) is 19.7 Å². The highest BCUT2D eigenvalue weighted by atomic mass is 16.6. The molecule has 3 heterocycles. The maximum atomic E-state index is 12.8. The zero-order valence-electron chi connectivity index (χ0n) is 16.6. The minimum Gasteiger partial charge on any atom is -0.447 e. The average molecular weight is 415 g/mol. The minimum atomic E-state index is -0.638. The second-order valence-electron chi connectivity index (χ2n) is 7.83. The van der Waals surface area contributed by atoms with E-state index in [1.165, 1.54) is 4.90 Å². The molecule has 0 aliphatic carbocycles. The number of rotatable bonds is 5. The predicted molar refractivity (Wildman–Crippen MR) is 104 cm³/mol. The fraction of sp³-hybridized carbons (Fsp3) is 0.524. The molecule has 9 nitrogen and oxygen atoms in total. The number of nitrogens with zero attached hydrogens (tertiary/aromatic N) is 1. The summed E-state index contributed by atoms with van der Waals surface area (Å²) in [5.41, 5.74) is 2.10. The molecule has 0 bridgehead atoms. The topological polar surface area (TPSA) is 114 Å². The van der Waals surface area contributed by atoms with Crippen LogP contribution in [-0.4, -0.2) is 54.1 Å². The lowest BCUT2D eigenvalue weighted by Crippen LogP contribution is -2.52. The van der Waals surface area contributed by atoms with Gasteiger partial charge in [0.1, 0.15) is 12.6 Å². The molecule has 0 radical (unpaired) electrons. The van der Waals surface area contributed by atoms with Gasteiger partial charge in [0.25, 0.3) is 5.91 Å². The monoisotopic (exact) mass is 415 g/mol. The highest BCUT2D eigenvalue weighted by Gasteiger charge is 2.39. The van der Waals surface area contributed by atoms with E-state index in [1.54, 1.807) is 6.07 Å². The summed E-state index contributed by atoms with van der Waals surface area (Å²) >= 11 is 0. The van der Waals surface area contributed by atoms with Crippen molar-refractivity contribution in [3.05, 3.63) is 34.9 Å². The summed E-state index contributed by atoms with van der Waals surface area (Å²) in [6, 6.07) is 4.76. The normalized spacial score (nSPS) is 23.7. The van der Waals surface area contributed by atoms with Gasteiger partial charge in [-0.1, -0.05) is 12.1 Å². The third kappa shape index (κ3) is 4.46. The summed E-state index contributed by atoms with van der Waals surface area (Å²) in [6.07, 6.45) is 3.00. The number of benzene rings is 1. The summed E-state index contributed by atoms with van der Waals surface area (Å²) in [5.74, 6) is -0.979. The van der Waals surface area contributed by atoms with Gasteiger partial charge in [0.2, 0.25) is 11.8 Å². The van der Waals surface area contributed by atoms with E-state index >= 15 is 0 Å². The number of fused-ring (bicyclic) bond motifs is 1. The Morgan fingerprint density at radius 2 is 2.10 bits per heavy atom. The third-order valence-electron chi connectivity index (χ3n) is 5.70. The van der Waals surface area contributed by atoms with E-state index in [9.17, 15) is 19.2 Å². The lowest BCUT2D eigenvalue weighted by Gasteiger charge is -2.29. The van der Waals surface area contributed by atoms with Crippen molar-refractivity contribution in [1.82, 2.24) is 15.5 Å². The van der Waals surface area contributed by atoms with Crippen LogP contribution >= 0.6 is 0 Å². The van der Waals surface area contributed by atoms with E-state index in [0.29, 0.717) is 25.1 Å². The first kappa shape index (κ1) is 20.3. The molecule has 2 unspecified atom stereocenters. The molecule has 1 aromatic rings. The number of piperidine rings is 1. The van der Waals surface area contributed by atoms with Crippen molar-refractivity contribution in [1.29, 1.82) is 0 Å². The predicted octanol–water partition coefficient (Wildman–Crippen LogP) is 1.24. The molecule has 2 fully saturated rings. The van der Waals surface area contributed by atoms with Crippen molar-refractivity contribution in [2.24, 2.45) is 0 Å². The highest BCUT2D eigenvalue weighted by Crippen LogP contribution is 2.28. The number of hydrogen-bond donors (Lipinski definition) is 2. The molecular weight excluding hydrogens is 390 g/mol. The number of hydrogen-bond acceptors (Lipinski definition) is 6. The minimum absolute atomic E-state index is 0.0413. The lowest BCUT2D eigenvalue weighted by molar-refractivity contribution is -0.136. The van der Waals surface area contributed by atoms with E-state index in [4.69, 9.17) is 9.47 Å². The Kier molecular flexibility index (Phi) is 5.98. The van der Waals surface area contributed by atoms with Gasteiger partial charge in [-0.15, -0.1) is 0 Å². The smallest absolute Gasteiger partial charge is 0.407 e. The molecule has 0 saturated carbocycles. The zero-order valence-corrected chi connectivity index (χ0v) is 16.6. The van der Waals surface area contributed by atoms with Crippen LogP contribution in [0.2, 0.25) is 0 Å². The van der Waals surface area contributed by atoms with Crippen LogP contribution in [0.25, 0.3) is 0 Å². The van der Waals surface area contributed by atoms with Crippen LogP contribution in [0.15, 0.2) is 18.2 Å². The molecule has 4 rings (SSSR count). The third-order valence-corrected chi connectivity index (χ3v) is 5.70. The van der Waals surface area contributed by atoms with E-state index < -0.39 is 18.0 Å². The Morgan fingerprint density at radius 3 is 2.87 bits per heavy atom. The Labute approximate surface area is 174 Å². The van der Waals surface area contributed by atoms with E-state index in [0.717, 1.165) is 30.4 Å². The van der Waals surface area contributed by atoms with E-state index in [2.05, 4.69) is 10.6 Å². The fourth-order valence-electron chi connectivity index (χ4n) is 4.04. The van der Waals surface area contributed by atoms with Gasteiger partial charge in [-0.05, 0) is 42.9 Å². The van der Waals surface area contributed by atoms with Crippen LogP contribution in [0.5, 0.6) is 0 Å². The first-order valence-corrected chi connectivity index (χ1v) is 10.3. The van der Waals surface area contributed by atoms with Gasteiger partial charge in [0.05, 0.1) is 6.10 Å². The average Bonchev–Trinajstić information content (AvgIpc) is 3.07. The molecule has 160 valence electrons. The number of imide groups is 1. The molecule has 2 atom stereocenters. The maximum absolute atomic E-state index is 12.8. The van der Waals surface area contributed by atoms with Crippen molar-refractivity contribution in [2.75, 3.05) is 13.2 Å². The van der Waals surface area contributed by atoms with Gasteiger partial charge in [-0.2, -0.15) is 0 Å². The van der Waals surface area contributed by atoms with Crippen LogP contribution in [0.3, 0.4) is 0 Å². The summed E-state index contributed by atoms with van der Waals surface area (Å²) in [7, 11) is 0. The highest BCUT2D eigenvalue weighted by molar-refractivity contribution is 6.05. The molecule has 30 heavy (non-hydrogen) atoms. The van der Waals surface area contributed by atoms with E-state index in [1.807, 2.05) is 12.1 Å². The number of nitrogens with one attached hydrogen (secondary N) is 2. The molecular formula is C21H25N3O6.